The van der Waals surface area contributed by atoms with E-state index in [1.807, 2.05) is 42.6 Å². The molecule has 0 aliphatic heterocycles. The molecule has 1 aromatic heterocycles. The molecule has 1 amide bonds. The van der Waals surface area contributed by atoms with Crippen molar-refractivity contribution in [2.45, 2.75) is 23.4 Å². The molecule has 3 aromatic rings. The maximum absolute atomic E-state index is 13.2. The number of aryl methyl sites for hydroxylation is 1. The lowest BCUT2D eigenvalue weighted by molar-refractivity contribution is 0.0953. The van der Waals surface area contributed by atoms with Crippen LogP contribution in [0.2, 0.25) is 0 Å². The minimum atomic E-state index is -0.256. The number of carbonyl (C=O) groups excluding carboxylic acids is 1. The number of nitrogens with one attached hydrogen (secondary N) is 1. The second kappa shape index (κ2) is 8.96. The summed E-state index contributed by atoms with van der Waals surface area (Å²) in [5.74, 6) is 0.335. The van der Waals surface area contributed by atoms with E-state index in [4.69, 9.17) is 0 Å². The number of thioether (sulfide) groups is 1. The Labute approximate surface area is 160 Å². The molecule has 0 saturated heterocycles. The van der Waals surface area contributed by atoms with E-state index in [0.717, 1.165) is 21.2 Å². The summed E-state index contributed by atoms with van der Waals surface area (Å²) in [5, 5.41) is 4.95. The van der Waals surface area contributed by atoms with Crippen molar-refractivity contribution >= 4 is 29.0 Å². The van der Waals surface area contributed by atoms with Crippen LogP contribution in [0.1, 0.15) is 27.2 Å². The van der Waals surface area contributed by atoms with Crippen molar-refractivity contribution in [3.8, 4) is 0 Å². The van der Waals surface area contributed by atoms with Crippen molar-refractivity contribution in [2.75, 3.05) is 6.54 Å². The topological polar surface area (TPSA) is 42.0 Å². The third-order valence-electron chi connectivity index (χ3n) is 3.80. The van der Waals surface area contributed by atoms with Gasteiger partial charge in [-0.2, -0.15) is 0 Å². The summed E-state index contributed by atoms with van der Waals surface area (Å²) < 4.78 is 14.2. The molecule has 0 saturated carbocycles. The second-order valence-electron chi connectivity index (χ2n) is 5.84. The monoisotopic (exact) mass is 386 g/mol. The quantitative estimate of drug-likeness (QED) is 0.590. The fraction of sp³-hybridized carbons (Fsp3) is 0.200. The molecule has 26 heavy (non-hydrogen) atoms. The summed E-state index contributed by atoms with van der Waals surface area (Å²) in [6, 6.07) is 14.0. The highest BCUT2D eigenvalue weighted by molar-refractivity contribution is 8.00. The van der Waals surface area contributed by atoms with E-state index in [0.29, 0.717) is 24.3 Å². The van der Waals surface area contributed by atoms with Gasteiger partial charge in [-0.25, -0.2) is 9.37 Å². The minimum absolute atomic E-state index is 0.104. The summed E-state index contributed by atoms with van der Waals surface area (Å²) in [4.78, 5) is 17.0. The van der Waals surface area contributed by atoms with Crippen LogP contribution in [0.4, 0.5) is 4.39 Å². The first-order chi connectivity index (χ1) is 12.6. The number of hydrogen-bond acceptors (Lipinski definition) is 4. The Morgan fingerprint density at radius 3 is 2.85 bits per heavy atom. The molecule has 1 N–H and O–H groups in total. The molecule has 0 aliphatic rings. The van der Waals surface area contributed by atoms with Crippen molar-refractivity contribution in [3.05, 3.63) is 82.1 Å². The molecule has 0 spiro atoms. The average molecular weight is 387 g/mol. The number of carbonyl (C=O) groups is 1. The summed E-state index contributed by atoms with van der Waals surface area (Å²) in [6.07, 6.45) is 0.596. The predicted molar refractivity (Wildman–Crippen MR) is 105 cm³/mol. The van der Waals surface area contributed by atoms with Crippen LogP contribution < -0.4 is 5.32 Å². The van der Waals surface area contributed by atoms with Gasteiger partial charge < -0.3 is 5.32 Å². The van der Waals surface area contributed by atoms with E-state index in [1.165, 1.54) is 12.1 Å². The van der Waals surface area contributed by atoms with E-state index in [1.54, 1.807) is 29.2 Å². The first kappa shape index (κ1) is 18.6. The van der Waals surface area contributed by atoms with Crippen molar-refractivity contribution < 1.29 is 9.18 Å². The lowest BCUT2D eigenvalue weighted by Crippen LogP contribution is -2.26. The number of amides is 1. The van der Waals surface area contributed by atoms with Gasteiger partial charge in [-0.3, -0.25) is 4.79 Å². The zero-order chi connectivity index (χ0) is 18.4. The molecule has 6 heteroatoms. The van der Waals surface area contributed by atoms with E-state index < -0.39 is 0 Å². The van der Waals surface area contributed by atoms with E-state index in [-0.39, 0.29) is 11.7 Å². The average Bonchev–Trinajstić information content (AvgIpc) is 3.05. The van der Waals surface area contributed by atoms with Gasteiger partial charge in [-0.1, -0.05) is 42.1 Å². The van der Waals surface area contributed by atoms with Crippen LogP contribution in [0.15, 0.2) is 58.3 Å². The molecule has 3 rings (SSSR count). The Kier molecular flexibility index (Phi) is 6.41. The maximum Gasteiger partial charge on any atom is 0.251 e. The number of nitrogens with zero attached hydrogens (tertiary/aromatic N) is 1. The fourth-order valence-corrected chi connectivity index (χ4v) is 4.37. The molecule has 0 radical (unpaired) electrons. The summed E-state index contributed by atoms with van der Waals surface area (Å²) >= 11 is 3.25. The highest BCUT2D eigenvalue weighted by Gasteiger charge is 2.11. The first-order valence-corrected chi connectivity index (χ1v) is 10.1. The SMILES string of the molecule is Cc1csc(SCc2ccccc2C(=O)NCCc2cccc(F)c2)n1. The van der Waals surface area contributed by atoms with Gasteiger partial charge in [-0.15, -0.1) is 11.3 Å². The molecule has 0 bridgehead atoms. The molecular weight excluding hydrogens is 367 g/mol. The largest absolute Gasteiger partial charge is 0.352 e. The Morgan fingerprint density at radius 1 is 1.23 bits per heavy atom. The molecule has 134 valence electrons. The lowest BCUT2D eigenvalue weighted by Gasteiger charge is -2.10. The van der Waals surface area contributed by atoms with Crippen molar-refractivity contribution in [2.24, 2.45) is 0 Å². The van der Waals surface area contributed by atoms with Crippen LogP contribution >= 0.6 is 23.1 Å². The highest BCUT2D eigenvalue weighted by Crippen LogP contribution is 2.27. The molecule has 0 unspecified atom stereocenters. The Balaban J connectivity index is 1.58. The Bertz CT molecular complexity index is 895. The predicted octanol–water partition coefficient (Wildman–Crippen LogP) is 4.86. The number of halogens is 1. The van der Waals surface area contributed by atoms with Gasteiger partial charge in [0.1, 0.15) is 10.2 Å². The van der Waals surface area contributed by atoms with Crippen LogP contribution in [0.5, 0.6) is 0 Å². The first-order valence-electron chi connectivity index (χ1n) is 8.27. The number of rotatable bonds is 7. The third kappa shape index (κ3) is 5.16. The van der Waals surface area contributed by atoms with Gasteiger partial charge in [0.05, 0.1) is 0 Å². The molecule has 0 aliphatic carbocycles. The van der Waals surface area contributed by atoms with Gasteiger partial charge in [0, 0.05) is 28.9 Å². The molecule has 1 heterocycles. The van der Waals surface area contributed by atoms with Gasteiger partial charge in [0.2, 0.25) is 0 Å². The highest BCUT2D eigenvalue weighted by atomic mass is 32.2. The number of benzene rings is 2. The molecule has 0 atom stereocenters. The number of hydrogen-bond donors (Lipinski definition) is 1. The zero-order valence-electron chi connectivity index (χ0n) is 14.4. The van der Waals surface area contributed by atoms with E-state index in [9.17, 15) is 9.18 Å². The van der Waals surface area contributed by atoms with Crippen molar-refractivity contribution in [1.82, 2.24) is 10.3 Å². The Morgan fingerprint density at radius 2 is 2.08 bits per heavy atom. The summed E-state index contributed by atoms with van der Waals surface area (Å²) in [5.41, 5.74) is 3.54. The smallest absolute Gasteiger partial charge is 0.251 e. The van der Waals surface area contributed by atoms with Crippen LogP contribution in [-0.2, 0) is 12.2 Å². The normalized spacial score (nSPS) is 10.7. The minimum Gasteiger partial charge on any atom is -0.352 e. The van der Waals surface area contributed by atoms with Gasteiger partial charge in [0.15, 0.2) is 0 Å². The Hall–Kier alpha value is -2.18. The second-order valence-corrected chi connectivity index (χ2v) is 7.92. The van der Waals surface area contributed by atoms with Gasteiger partial charge in [0.25, 0.3) is 5.91 Å². The van der Waals surface area contributed by atoms with E-state index in [2.05, 4.69) is 10.3 Å². The lowest BCUT2D eigenvalue weighted by atomic mass is 10.1. The standard InChI is InChI=1S/C20H19FN2OS2/c1-14-12-25-20(23-14)26-13-16-6-2-3-8-18(16)19(24)22-10-9-15-5-4-7-17(21)11-15/h2-8,11-12H,9-10,13H2,1H3,(H,22,24). The van der Waals surface area contributed by atoms with Crippen molar-refractivity contribution in [1.29, 1.82) is 0 Å². The number of thiazole rings is 1. The summed E-state index contributed by atoms with van der Waals surface area (Å²) in [7, 11) is 0. The van der Waals surface area contributed by atoms with Crippen LogP contribution in [0, 0.1) is 12.7 Å². The van der Waals surface area contributed by atoms with Crippen molar-refractivity contribution in [3.63, 3.8) is 0 Å². The van der Waals surface area contributed by atoms with Gasteiger partial charge in [-0.05, 0) is 42.7 Å². The molecule has 0 fully saturated rings. The molecular formula is C20H19FN2OS2. The maximum atomic E-state index is 13.2. The molecule has 2 aromatic carbocycles. The third-order valence-corrected chi connectivity index (χ3v) is 5.99. The van der Waals surface area contributed by atoms with E-state index >= 15 is 0 Å². The zero-order valence-corrected chi connectivity index (χ0v) is 16.0. The summed E-state index contributed by atoms with van der Waals surface area (Å²) in [6.45, 7) is 2.44. The van der Waals surface area contributed by atoms with Crippen LogP contribution in [0.3, 0.4) is 0 Å². The fourth-order valence-electron chi connectivity index (χ4n) is 2.51. The van der Waals surface area contributed by atoms with Gasteiger partial charge >= 0.3 is 0 Å². The number of aromatic nitrogens is 1. The van der Waals surface area contributed by atoms with Crippen LogP contribution in [-0.4, -0.2) is 17.4 Å². The van der Waals surface area contributed by atoms with Crippen LogP contribution in [0.25, 0.3) is 0 Å². The molecule has 3 nitrogen and oxygen atoms in total.